The summed E-state index contributed by atoms with van der Waals surface area (Å²) in [6, 6.07) is 0.164. The highest BCUT2D eigenvalue weighted by Gasteiger charge is 2.30. The van der Waals surface area contributed by atoms with E-state index in [2.05, 4.69) is 18.8 Å². The molecular formula is C11H19NO. The Morgan fingerprint density at radius 3 is 2.77 bits per heavy atom. The first kappa shape index (κ1) is 10.5. The van der Waals surface area contributed by atoms with E-state index in [0.717, 1.165) is 0 Å². The summed E-state index contributed by atoms with van der Waals surface area (Å²) in [7, 11) is 0. The van der Waals surface area contributed by atoms with Crippen LogP contribution in [0.25, 0.3) is 0 Å². The maximum absolute atomic E-state index is 10.1. The van der Waals surface area contributed by atoms with Crippen molar-refractivity contribution in [1.29, 1.82) is 0 Å². The van der Waals surface area contributed by atoms with Crippen LogP contribution in [-0.4, -0.2) is 12.1 Å². The molecule has 1 fully saturated rings. The second kappa shape index (κ2) is 4.06. The van der Waals surface area contributed by atoms with Crippen LogP contribution in [0.5, 0.6) is 0 Å². The minimum absolute atomic E-state index is 0.164. The Balaban J connectivity index is 2.56. The summed E-state index contributed by atoms with van der Waals surface area (Å²) < 4.78 is 0. The third-order valence-electron chi connectivity index (χ3n) is 3.18. The standard InChI is InChI=1S/C11H19NO/c1-9(12-8-13)10-5-4-6-11(2,3)7-10/h9-10H,4-7H2,1-3H3. The molecule has 2 unspecified atom stereocenters. The average Bonchev–Trinajstić information content (AvgIpc) is 2.03. The van der Waals surface area contributed by atoms with E-state index in [1.54, 1.807) is 6.08 Å². The van der Waals surface area contributed by atoms with Gasteiger partial charge in [0, 0.05) is 0 Å². The molecule has 0 bridgehead atoms. The van der Waals surface area contributed by atoms with Crippen LogP contribution in [0.3, 0.4) is 0 Å². The smallest absolute Gasteiger partial charge is 0.211 e. The fourth-order valence-corrected chi connectivity index (χ4v) is 2.36. The van der Waals surface area contributed by atoms with Crippen molar-refractivity contribution < 1.29 is 4.79 Å². The Labute approximate surface area is 80.4 Å². The molecule has 0 saturated heterocycles. The second-order valence-electron chi connectivity index (χ2n) is 4.98. The quantitative estimate of drug-likeness (QED) is 0.475. The van der Waals surface area contributed by atoms with E-state index in [0.29, 0.717) is 11.3 Å². The molecule has 0 aromatic rings. The van der Waals surface area contributed by atoms with Crippen LogP contribution < -0.4 is 0 Å². The first-order valence-electron chi connectivity index (χ1n) is 5.12. The highest BCUT2D eigenvalue weighted by atomic mass is 16.1. The van der Waals surface area contributed by atoms with Crippen molar-refractivity contribution in [2.24, 2.45) is 16.3 Å². The number of rotatable bonds is 2. The third-order valence-corrected chi connectivity index (χ3v) is 3.18. The number of nitrogens with zero attached hydrogens (tertiary/aromatic N) is 1. The fourth-order valence-electron chi connectivity index (χ4n) is 2.36. The lowest BCUT2D eigenvalue weighted by atomic mass is 9.70. The van der Waals surface area contributed by atoms with Crippen LogP contribution in [0.4, 0.5) is 0 Å². The van der Waals surface area contributed by atoms with Gasteiger partial charge in [0.2, 0.25) is 6.08 Å². The molecule has 0 heterocycles. The first-order chi connectivity index (χ1) is 6.05. The Kier molecular flexibility index (Phi) is 3.27. The molecule has 0 aliphatic heterocycles. The van der Waals surface area contributed by atoms with Crippen LogP contribution in [0.1, 0.15) is 46.5 Å². The van der Waals surface area contributed by atoms with Gasteiger partial charge in [-0.3, -0.25) is 0 Å². The lowest BCUT2D eigenvalue weighted by Gasteiger charge is -2.36. The number of carbonyl (C=O) groups excluding carboxylic acids is 1. The van der Waals surface area contributed by atoms with E-state index in [-0.39, 0.29) is 6.04 Å². The SMILES string of the molecule is CC(N=C=O)C1CCCC(C)(C)C1. The topological polar surface area (TPSA) is 29.4 Å². The van der Waals surface area contributed by atoms with Gasteiger partial charge in [-0.2, -0.15) is 0 Å². The second-order valence-corrected chi connectivity index (χ2v) is 4.98. The molecule has 0 aromatic heterocycles. The number of aliphatic imine (C=N–C) groups is 1. The first-order valence-corrected chi connectivity index (χ1v) is 5.12. The van der Waals surface area contributed by atoms with Crippen molar-refractivity contribution in [2.45, 2.75) is 52.5 Å². The summed E-state index contributed by atoms with van der Waals surface area (Å²) in [6.07, 6.45) is 6.66. The van der Waals surface area contributed by atoms with Gasteiger partial charge in [0.1, 0.15) is 0 Å². The van der Waals surface area contributed by atoms with E-state index in [4.69, 9.17) is 0 Å². The lowest BCUT2D eigenvalue weighted by molar-refractivity contribution is 0.165. The van der Waals surface area contributed by atoms with Gasteiger partial charge in [-0.25, -0.2) is 9.79 Å². The van der Waals surface area contributed by atoms with Gasteiger partial charge in [0.05, 0.1) is 6.04 Å². The Morgan fingerprint density at radius 1 is 1.54 bits per heavy atom. The van der Waals surface area contributed by atoms with Crippen LogP contribution in [0, 0.1) is 11.3 Å². The van der Waals surface area contributed by atoms with Gasteiger partial charge in [-0.05, 0) is 37.5 Å². The van der Waals surface area contributed by atoms with E-state index in [1.165, 1.54) is 25.7 Å². The molecule has 2 heteroatoms. The molecular weight excluding hydrogens is 162 g/mol. The molecule has 0 radical (unpaired) electrons. The largest absolute Gasteiger partial charge is 0.235 e. The molecule has 1 saturated carbocycles. The van der Waals surface area contributed by atoms with Crippen molar-refractivity contribution in [2.75, 3.05) is 0 Å². The summed E-state index contributed by atoms with van der Waals surface area (Å²) in [6.45, 7) is 6.63. The van der Waals surface area contributed by atoms with Crippen molar-refractivity contribution in [1.82, 2.24) is 0 Å². The molecule has 2 nitrogen and oxygen atoms in total. The molecule has 0 amide bonds. The van der Waals surface area contributed by atoms with Gasteiger partial charge in [-0.15, -0.1) is 0 Å². The van der Waals surface area contributed by atoms with Crippen LogP contribution in [-0.2, 0) is 4.79 Å². The van der Waals surface area contributed by atoms with E-state index in [9.17, 15) is 4.79 Å². The fraction of sp³-hybridized carbons (Fsp3) is 0.909. The average molecular weight is 181 g/mol. The van der Waals surface area contributed by atoms with Gasteiger partial charge >= 0.3 is 0 Å². The van der Waals surface area contributed by atoms with Gasteiger partial charge in [-0.1, -0.05) is 20.3 Å². The van der Waals surface area contributed by atoms with Gasteiger partial charge in [0.25, 0.3) is 0 Å². The normalized spacial score (nSPS) is 29.0. The molecule has 1 aliphatic rings. The highest BCUT2D eigenvalue weighted by molar-refractivity contribution is 5.33. The monoisotopic (exact) mass is 181 g/mol. The van der Waals surface area contributed by atoms with Gasteiger partial charge in [0.15, 0.2) is 0 Å². The van der Waals surface area contributed by atoms with E-state index >= 15 is 0 Å². The molecule has 2 atom stereocenters. The molecule has 13 heavy (non-hydrogen) atoms. The summed E-state index contributed by atoms with van der Waals surface area (Å²) >= 11 is 0. The Morgan fingerprint density at radius 2 is 2.23 bits per heavy atom. The number of hydrogen-bond acceptors (Lipinski definition) is 2. The molecule has 0 N–H and O–H groups in total. The minimum Gasteiger partial charge on any atom is -0.211 e. The Bertz CT molecular complexity index is 216. The summed E-state index contributed by atoms with van der Waals surface area (Å²) in [4.78, 5) is 13.9. The zero-order valence-corrected chi connectivity index (χ0v) is 8.84. The zero-order chi connectivity index (χ0) is 9.90. The van der Waals surface area contributed by atoms with Crippen molar-refractivity contribution >= 4 is 6.08 Å². The molecule has 1 rings (SSSR count). The molecule has 74 valence electrons. The number of hydrogen-bond donors (Lipinski definition) is 0. The maximum atomic E-state index is 10.1. The lowest BCUT2D eigenvalue weighted by Crippen LogP contribution is -2.28. The molecule has 0 spiro atoms. The van der Waals surface area contributed by atoms with Crippen molar-refractivity contribution in [3.05, 3.63) is 0 Å². The van der Waals surface area contributed by atoms with Crippen LogP contribution >= 0.6 is 0 Å². The highest BCUT2D eigenvalue weighted by Crippen LogP contribution is 2.40. The van der Waals surface area contributed by atoms with Gasteiger partial charge < -0.3 is 0 Å². The molecule has 1 aliphatic carbocycles. The third kappa shape index (κ3) is 2.96. The van der Waals surface area contributed by atoms with Crippen LogP contribution in [0.15, 0.2) is 4.99 Å². The Hall–Kier alpha value is -0.620. The van der Waals surface area contributed by atoms with Crippen molar-refractivity contribution in [3.63, 3.8) is 0 Å². The predicted octanol–water partition coefficient (Wildman–Crippen LogP) is 2.93. The summed E-state index contributed by atoms with van der Waals surface area (Å²) in [5, 5.41) is 0. The van der Waals surface area contributed by atoms with Crippen LogP contribution in [0.2, 0.25) is 0 Å². The van der Waals surface area contributed by atoms with E-state index in [1.807, 2.05) is 6.92 Å². The van der Waals surface area contributed by atoms with E-state index < -0.39 is 0 Å². The van der Waals surface area contributed by atoms with Crippen molar-refractivity contribution in [3.8, 4) is 0 Å². The summed E-state index contributed by atoms with van der Waals surface area (Å²) in [5.74, 6) is 0.588. The maximum Gasteiger partial charge on any atom is 0.235 e. The zero-order valence-electron chi connectivity index (χ0n) is 8.84. The minimum atomic E-state index is 0.164. The molecule has 0 aromatic carbocycles. The summed E-state index contributed by atoms with van der Waals surface area (Å²) in [5.41, 5.74) is 0.440. The number of isocyanates is 1. The predicted molar refractivity (Wildman–Crippen MR) is 53.3 cm³/mol.